The number of nitrogens with zero attached hydrogens (tertiary/aromatic N) is 1. The van der Waals surface area contributed by atoms with Crippen molar-refractivity contribution in [3.63, 3.8) is 0 Å². The van der Waals surface area contributed by atoms with Crippen LogP contribution < -0.4 is 5.32 Å². The summed E-state index contributed by atoms with van der Waals surface area (Å²) < 4.78 is 19.5. The van der Waals surface area contributed by atoms with Crippen LogP contribution in [0.2, 0.25) is 5.02 Å². The van der Waals surface area contributed by atoms with Gasteiger partial charge in [0.05, 0.1) is 18.6 Å². The number of anilines is 1. The predicted octanol–water partition coefficient (Wildman–Crippen LogP) is 3.98. The van der Waals surface area contributed by atoms with Gasteiger partial charge in [0.1, 0.15) is 5.82 Å². The fourth-order valence-corrected chi connectivity index (χ4v) is 3.84. The number of carbonyl (C=O) groups excluding carboxylic acids is 1. The molecule has 1 amide bonds. The molecular formula is C21H22ClFN2O2. The highest BCUT2D eigenvalue weighted by Gasteiger charge is 2.52. The molecule has 0 aromatic heterocycles. The second-order valence-electron chi connectivity index (χ2n) is 7.21. The highest BCUT2D eigenvalue weighted by atomic mass is 35.5. The van der Waals surface area contributed by atoms with Crippen molar-refractivity contribution in [2.45, 2.75) is 24.8 Å². The Balaban J connectivity index is 1.46. The van der Waals surface area contributed by atoms with Gasteiger partial charge in [-0.05, 0) is 36.6 Å². The third-order valence-corrected chi connectivity index (χ3v) is 5.73. The molecule has 0 atom stereocenters. The lowest BCUT2D eigenvalue weighted by Gasteiger charge is -2.27. The molecular weight excluding hydrogens is 367 g/mol. The summed E-state index contributed by atoms with van der Waals surface area (Å²) in [6.07, 6.45) is 1.31. The Labute approximate surface area is 163 Å². The molecule has 6 heteroatoms. The number of benzene rings is 2. The van der Waals surface area contributed by atoms with E-state index in [1.807, 2.05) is 12.1 Å². The number of rotatable bonds is 5. The molecule has 1 N–H and O–H groups in total. The second kappa shape index (κ2) is 7.58. The van der Waals surface area contributed by atoms with E-state index in [1.54, 1.807) is 24.3 Å². The minimum atomic E-state index is -0.760. The van der Waals surface area contributed by atoms with Crippen LogP contribution in [0.4, 0.5) is 10.1 Å². The monoisotopic (exact) mass is 388 g/mol. The maximum absolute atomic E-state index is 14.1. The van der Waals surface area contributed by atoms with Crippen molar-refractivity contribution in [2.75, 3.05) is 31.6 Å². The minimum absolute atomic E-state index is 0.176. The van der Waals surface area contributed by atoms with Crippen LogP contribution in [0.3, 0.4) is 0 Å². The van der Waals surface area contributed by atoms with Gasteiger partial charge in [0, 0.05) is 35.9 Å². The first-order valence-corrected chi connectivity index (χ1v) is 9.61. The van der Waals surface area contributed by atoms with Gasteiger partial charge in [0.25, 0.3) is 0 Å². The lowest BCUT2D eigenvalue weighted by Crippen LogP contribution is -2.35. The van der Waals surface area contributed by atoms with Crippen molar-refractivity contribution in [3.8, 4) is 0 Å². The Morgan fingerprint density at radius 3 is 2.59 bits per heavy atom. The number of nitrogens with one attached hydrogen (secondary N) is 1. The number of hydrogen-bond acceptors (Lipinski definition) is 3. The Hall–Kier alpha value is -1.95. The zero-order chi connectivity index (χ0) is 18.9. The Morgan fingerprint density at radius 1 is 1.19 bits per heavy atom. The van der Waals surface area contributed by atoms with Gasteiger partial charge in [-0.3, -0.25) is 9.69 Å². The summed E-state index contributed by atoms with van der Waals surface area (Å²) in [6, 6.07) is 12.1. The third kappa shape index (κ3) is 3.86. The van der Waals surface area contributed by atoms with Crippen LogP contribution in [-0.2, 0) is 21.5 Å². The van der Waals surface area contributed by atoms with Gasteiger partial charge in [0.15, 0.2) is 0 Å². The topological polar surface area (TPSA) is 41.6 Å². The maximum atomic E-state index is 14.1. The average molecular weight is 389 g/mol. The quantitative estimate of drug-likeness (QED) is 0.842. The molecule has 2 aliphatic rings. The van der Waals surface area contributed by atoms with Crippen LogP contribution in [0.25, 0.3) is 0 Å². The Kier molecular flexibility index (Phi) is 5.17. The Bertz CT molecular complexity index is 848. The number of morpholine rings is 1. The summed E-state index contributed by atoms with van der Waals surface area (Å²) in [4.78, 5) is 15.1. The van der Waals surface area contributed by atoms with Crippen LogP contribution in [0.1, 0.15) is 24.0 Å². The van der Waals surface area contributed by atoms with Crippen LogP contribution in [-0.4, -0.2) is 37.1 Å². The first-order valence-electron chi connectivity index (χ1n) is 9.23. The molecule has 27 heavy (non-hydrogen) atoms. The molecule has 1 heterocycles. The van der Waals surface area contributed by atoms with Crippen molar-refractivity contribution in [1.29, 1.82) is 0 Å². The van der Waals surface area contributed by atoms with Gasteiger partial charge < -0.3 is 10.1 Å². The highest BCUT2D eigenvalue weighted by molar-refractivity contribution is 6.31. The van der Waals surface area contributed by atoms with Crippen LogP contribution in [0.5, 0.6) is 0 Å². The second-order valence-corrected chi connectivity index (χ2v) is 7.62. The number of carbonyl (C=O) groups is 1. The van der Waals surface area contributed by atoms with Crippen molar-refractivity contribution >= 4 is 23.2 Å². The molecule has 1 saturated heterocycles. The summed E-state index contributed by atoms with van der Waals surface area (Å²) in [5.74, 6) is -0.506. The smallest absolute Gasteiger partial charge is 0.235 e. The van der Waals surface area contributed by atoms with Crippen LogP contribution in [0.15, 0.2) is 42.5 Å². The minimum Gasteiger partial charge on any atom is -0.379 e. The van der Waals surface area contributed by atoms with Gasteiger partial charge in [0.2, 0.25) is 5.91 Å². The molecule has 2 aromatic rings. The van der Waals surface area contributed by atoms with E-state index in [-0.39, 0.29) is 11.7 Å². The van der Waals surface area contributed by atoms with E-state index in [9.17, 15) is 9.18 Å². The van der Waals surface area contributed by atoms with E-state index in [4.69, 9.17) is 16.3 Å². The zero-order valence-corrected chi connectivity index (χ0v) is 15.8. The average Bonchev–Trinajstić information content (AvgIpc) is 3.47. The van der Waals surface area contributed by atoms with Crippen molar-refractivity contribution < 1.29 is 13.9 Å². The largest absolute Gasteiger partial charge is 0.379 e. The molecule has 1 aliphatic heterocycles. The normalized spacial score (nSPS) is 18.9. The molecule has 0 radical (unpaired) electrons. The lowest BCUT2D eigenvalue weighted by atomic mass is 9.94. The van der Waals surface area contributed by atoms with Crippen LogP contribution in [0, 0.1) is 5.82 Å². The van der Waals surface area contributed by atoms with E-state index in [0.717, 1.165) is 38.4 Å². The lowest BCUT2D eigenvalue weighted by molar-refractivity contribution is -0.118. The SMILES string of the molecule is O=C(Nc1ccc(CN2CCOCC2)c(Cl)c1)C1(c2ccccc2F)CC1. The molecule has 0 unspecified atom stereocenters. The van der Waals surface area contributed by atoms with Gasteiger partial charge in [-0.2, -0.15) is 0 Å². The standard InChI is InChI=1S/C21H22ClFN2O2/c22-18-13-16(6-5-15(18)14-25-9-11-27-12-10-25)24-20(26)21(7-8-21)17-3-1-2-4-19(17)23/h1-6,13H,7-12,14H2,(H,24,26). The van der Waals surface area contributed by atoms with Gasteiger partial charge in [-0.15, -0.1) is 0 Å². The Morgan fingerprint density at radius 2 is 1.93 bits per heavy atom. The summed E-state index contributed by atoms with van der Waals surface area (Å²) in [5.41, 5.74) is 1.37. The summed E-state index contributed by atoms with van der Waals surface area (Å²) in [6.45, 7) is 4.02. The highest BCUT2D eigenvalue weighted by Crippen LogP contribution is 2.49. The number of hydrogen-bond donors (Lipinski definition) is 1. The third-order valence-electron chi connectivity index (χ3n) is 5.38. The summed E-state index contributed by atoms with van der Waals surface area (Å²) >= 11 is 6.43. The molecule has 2 fully saturated rings. The number of amides is 1. The van der Waals surface area contributed by atoms with E-state index in [1.165, 1.54) is 6.07 Å². The molecule has 4 rings (SSSR count). The first kappa shape index (κ1) is 18.4. The predicted molar refractivity (Wildman–Crippen MR) is 103 cm³/mol. The van der Waals surface area contributed by atoms with Gasteiger partial charge >= 0.3 is 0 Å². The molecule has 1 saturated carbocycles. The summed E-state index contributed by atoms with van der Waals surface area (Å²) in [5, 5.41) is 3.54. The van der Waals surface area contributed by atoms with Crippen molar-refractivity contribution in [2.24, 2.45) is 0 Å². The van der Waals surface area contributed by atoms with E-state index < -0.39 is 5.41 Å². The fourth-order valence-electron chi connectivity index (χ4n) is 3.60. The van der Waals surface area contributed by atoms with E-state index in [2.05, 4.69) is 10.2 Å². The molecule has 1 aliphatic carbocycles. The molecule has 0 spiro atoms. The van der Waals surface area contributed by atoms with Gasteiger partial charge in [-0.1, -0.05) is 35.9 Å². The summed E-state index contributed by atoms with van der Waals surface area (Å²) in [7, 11) is 0. The number of halogens is 2. The fraction of sp³-hybridized carbons (Fsp3) is 0.381. The maximum Gasteiger partial charge on any atom is 0.235 e. The molecule has 2 aromatic carbocycles. The number of ether oxygens (including phenoxy) is 1. The van der Waals surface area contributed by atoms with Crippen LogP contribution >= 0.6 is 11.6 Å². The molecule has 0 bridgehead atoms. The van der Waals surface area contributed by atoms with E-state index in [0.29, 0.717) is 29.1 Å². The molecule has 4 nitrogen and oxygen atoms in total. The van der Waals surface area contributed by atoms with Crippen molar-refractivity contribution in [1.82, 2.24) is 4.90 Å². The molecule has 142 valence electrons. The first-order chi connectivity index (χ1) is 13.1. The van der Waals surface area contributed by atoms with Crippen molar-refractivity contribution in [3.05, 3.63) is 64.4 Å². The van der Waals surface area contributed by atoms with Gasteiger partial charge in [-0.25, -0.2) is 4.39 Å². The zero-order valence-electron chi connectivity index (χ0n) is 15.0. The van der Waals surface area contributed by atoms with E-state index >= 15 is 0 Å².